The summed E-state index contributed by atoms with van der Waals surface area (Å²) < 4.78 is 24.2. The van der Waals surface area contributed by atoms with Crippen LogP contribution in [0.15, 0.2) is 12.1 Å². The second-order valence-corrected chi connectivity index (χ2v) is 7.81. The van der Waals surface area contributed by atoms with Crippen LogP contribution in [0.25, 0.3) is 0 Å². The van der Waals surface area contributed by atoms with Gasteiger partial charge in [0, 0.05) is 23.8 Å². The Morgan fingerprint density at radius 3 is 2.84 bits per heavy atom. The van der Waals surface area contributed by atoms with Gasteiger partial charge in [-0.3, -0.25) is 0 Å². The molecule has 1 saturated heterocycles. The molecular weight excluding hydrogens is 286 g/mol. The first-order valence-corrected chi connectivity index (χ1v) is 8.95. The van der Waals surface area contributed by atoms with Crippen LogP contribution in [0.4, 0.5) is 5.82 Å². The van der Waals surface area contributed by atoms with E-state index < -0.39 is 15.2 Å². The molecule has 0 saturated carbocycles. The van der Waals surface area contributed by atoms with Gasteiger partial charge in [-0.15, -0.1) is 5.10 Å². The standard InChI is InChI=1S/C11H17N3O3S2/c1-2-19(16,17)11-8-18-6-5-14(11)10-4-3-9(7-15)12-13-10/h3-4,11,15H,2,5-8H2,1H3. The lowest BCUT2D eigenvalue weighted by molar-refractivity contribution is 0.275. The Balaban J connectivity index is 2.28. The Kier molecular flexibility index (Phi) is 4.64. The molecule has 1 aliphatic rings. The number of hydrogen-bond acceptors (Lipinski definition) is 7. The lowest BCUT2D eigenvalue weighted by atomic mass is 10.3. The maximum atomic E-state index is 12.1. The van der Waals surface area contributed by atoms with Crippen LogP contribution in [-0.4, -0.2) is 52.9 Å². The number of nitrogens with zero attached hydrogens (tertiary/aromatic N) is 3. The second kappa shape index (κ2) is 6.06. The number of anilines is 1. The maximum Gasteiger partial charge on any atom is 0.171 e. The largest absolute Gasteiger partial charge is 0.390 e. The number of rotatable bonds is 4. The molecule has 0 aromatic carbocycles. The maximum absolute atomic E-state index is 12.1. The summed E-state index contributed by atoms with van der Waals surface area (Å²) in [4.78, 5) is 1.80. The third kappa shape index (κ3) is 3.18. The molecule has 1 unspecified atom stereocenters. The van der Waals surface area contributed by atoms with Crippen molar-refractivity contribution in [2.75, 3.05) is 28.7 Å². The number of hydrogen-bond donors (Lipinski definition) is 1. The van der Waals surface area contributed by atoms with Gasteiger partial charge in [-0.2, -0.15) is 16.9 Å². The fourth-order valence-corrected chi connectivity index (χ4v) is 4.90. The van der Waals surface area contributed by atoms with Gasteiger partial charge in [0.15, 0.2) is 15.7 Å². The molecule has 0 amide bonds. The Hall–Kier alpha value is -0.860. The minimum atomic E-state index is -3.15. The second-order valence-electron chi connectivity index (χ2n) is 4.22. The van der Waals surface area contributed by atoms with Gasteiger partial charge in [0.2, 0.25) is 0 Å². The van der Waals surface area contributed by atoms with Crippen molar-refractivity contribution in [3.8, 4) is 0 Å². The van der Waals surface area contributed by atoms with Crippen LogP contribution in [-0.2, 0) is 16.4 Å². The molecule has 1 atom stereocenters. The van der Waals surface area contributed by atoms with Crippen molar-refractivity contribution >= 4 is 27.4 Å². The summed E-state index contributed by atoms with van der Waals surface area (Å²) in [6.45, 7) is 2.13. The average Bonchev–Trinajstić information content (AvgIpc) is 2.47. The fraction of sp³-hybridized carbons (Fsp3) is 0.636. The number of aromatic nitrogens is 2. The molecule has 1 N–H and O–H groups in total. The van der Waals surface area contributed by atoms with E-state index in [-0.39, 0.29) is 12.4 Å². The van der Waals surface area contributed by atoms with E-state index in [1.54, 1.807) is 35.7 Å². The van der Waals surface area contributed by atoms with E-state index in [4.69, 9.17) is 5.11 Å². The van der Waals surface area contributed by atoms with Crippen LogP contribution in [0.5, 0.6) is 0 Å². The summed E-state index contributed by atoms with van der Waals surface area (Å²) in [7, 11) is -3.15. The Morgan fingerprint density at radius 2 is 2.26 bits per heavy atom. The molecule has 0 bridgehead atoms. The van der Waals surface area contributed by atoms with Crippen LogP contribution in [0.3, 0.4) is 0 Å². The van der Waals surface area contributed by atoms with Gasteiger partial charge in [-0.1, -0.05) is 6.92 Å². The van der Waals surface area contributed by atoms with Gasteiger partial charge in [-0.25, -0.2) is 8.42 Å². The van der Waals surface area contributed by atoms with Crippen molar-refractivity contribution < 1.29 is 13.5 Å². The monoisotopic (exact) mass is 303 g/mol. The Labute approximate surface area is 117 Å². The molecule has 1 fully saturated rings. The average molecular weight is 303 g/mol. The molecule has 106 valence electrons. The first kappa shape index (κ1) is 14.5. The zero-order valence-corrected chi connectivity index (χ0v) is 12.3. The number of aliphatic hydroxyl groups excluding tert-OH is 1. The Morgan fingerprint density at radius 1 is 1.47 bits per heavy atom. The van der Waals surface area contributed by atoms with Crippen molar-refractivity contribution in [2.45, 2.75) is 18.9 Å². The van der Waals surface area contributed by atoms with Crippen molar-refractivity contribution in [1.82, 2.24) is 10.2 Å². The predicted octanol–water partition coefficient (Wildman–Crippen LogP) is 0.283. The van der Waals surface area contributed by atoms with Crippen LogP contribution in [0.1, 0.15) is 12.6 Å². The normalized spacial score (nSPS) is 20.5. The molecule has 0 spiro atoms. The van der Waals surface area contributed by atoms with Crippen molar-refractivity contribution in [3.05, 3.63) is 17.8 Å². The summed E-state index contributed by atoms with van der Waals surface area (Å²) in [5.74, 6) is 2.11. The lowest BCUT2D eigenvalue weighted by Crippen LogP contribution is -2.48. The fourth-order valence-electron chi connectivity index (χ4n) is 1.92. The minimum absolute atomic E-state index is 0.122. The first-order valence-electron chi connectivity index (χ1n) is 6.08. The van der Waals surface area contributed by atoms with E-state index in [1.165, 1.54) is 0 Å². The highest BCUT2D eigenvalue weighted by Crippen LogP contribution is 2.25. The summed E-state index contributed by atoms with van der Waals surface area (Å²) in [6.07, 6.45) is 0. The predicted molar refractivity (Wildman–Crippen MR) is 75.9 cm³/mol. The van der Waals surface area contributed by atoms with Gasteiger partial charge in [0.25, 0.3) is 0 Å². The van der Waals surface area contributed by atoms with E-state index >= 15 is 0 Å². The smallest absolute Gasteiger partial charge is 0.171 e. The molecule has 2 heterocycles. The summed E-state index contributed by atoms with van der Waals surface area (Å²) in [6, 6.07) is 3.38. The molecule has 1 aromatic rings. The summed E-state index contributed by atoms with van der Waals surface area (Å²) in [5, 5.41) is 16.3. The highest BCUT2D eigenvalue weighted by atomic mass is 32.2. The highest BCUT2D eigenvalue weighted by Gasteiger charge is 2.33. The molecule has 8 heteroatoms. The van der Waals surface area contributed by atoms with E-state index in [1.807, 2.05) is 0 Å². The van der Waals surface area contributed by atoms with Crippen LogP contribution in [0, 0.1) is 0 Å². The third-order valence-electron chi connectivity index (χ3n) is 3.06. The molecule has 0 aliphatic carbocycles. The van der Waals surface area contributed by atoms with Crippen molar-refractivity contribution in [3.63, 3.8) is 0 Å². The van der Waals surface area contributed by atoms with Crippen LogP contribution in [0.2, 0.25) is 0 Å². The van der Waals surface area contributed by atoms with Crippen LogP contribution >= 0.6 is 11.8 Å². The van der Waals surface area contributed by atoms with Crippen LogP contribution < -0.4 is 4.90 Å². The van der Waals surface area contributed by atoms with Crippen molar-refractivity contribution in [1.29, 1.82) is 0 Å². The van der Waals surface area contributed by atoms with Gasteiger partial charge < -0.3 is 10.0 Å². The zero-order chi connectivity index (χ0) is 13.9. The van der Waals surface area contributed by atoms with Gasteiger partial charge >= 0.3 is 0 Å². The summed E-state index contributed by atoms with van der Waals surface area (Å²) in [5.41, 5.74) is 0.477. The number of aliphatic hydroxyl groups is 1. The summed E-state index contributed by atoms with van der Waals surface area (Å²) >= 11 is 1.64. The molecule has 0 radical (unpaired) electrons. The molecule has 1 aliphatic heterocycles. The lowest BCUT2D eigenvalue weighted by Gasteiger charge is -2.35. The highest BCUT2D eigenvalue weighted by molar-refractivity contribution is 8.01. The van der Waals surface area contributed by atoms with Gasteiger partial charge in [0.1, 0.15) is 5.37 Å². The number of thioether (sulfide) groups is 1. The molecule has 2 rings (SSSR count). The zero-order valence-electron chi connectivity index (χ0n) is 10.7. The van der Waals surface area contributed by atoms with E-state index in [0.717, 1.165) is 5.75 Å². The van der Waals surface area contributed by atoms with Crippen molar-refractivity contribution in [2.24, 2.45) is 0 Å². The van der Waals surface area contributed by atoms with E-state index in [9.17, 15) is 8.42 Å². The van der Waals surface area contributed by atoms with E-state index in [0.29, 0.717) is 23.8 Å². The number of sulfone groups is 1. The van der Waals surface area contributed by atoms with Gasteiger partial charge in [0.05, 0.1) is 12.3 Å². The van der Waals surface area contributed by atoms with E-state index in [2.05, 4.69) is 10.2 Å². The molecule has 1 aromatic heterocycles. The third-order valence-corrected chi connectivity index (χ3v) is 6.35. The first-order chi connectivity index (χ1) is 9.08. The van der Waals surface area contributed by atoms with Gasteiger partial charge in [-0.05, 0) is 12.1 Å². The SMILES string of the molecule is CCS(=O)(=O)C1CSCCN1c1ccc(CO)nn1. The Bertz CT molecular complexity index is 518. The quantitative estimate of drug-likeness (QED) is 0.855. The molecule has 19 heavy (non-hydrogen) atoms. The minimum Gasteiger partial charge on any atom is -0.390 e. The topological polar surface area (TPSA) is 83.4 Å². The molecule has 6 nitrogen and oxygen atoms in total. The molecular formula is C11H17N3O3S2.